The molecule has 2 heterocycles. The van der Waals surface area contributed by atoms with Gasteiger partial charge in [0, 0.05) is 23.9 Å². The number of nitrogens with zero attached hydrogens (tertiary/aromatic N) is 3. The quantitative estimate of drug-likeness (QED) is 0.727. The third kappa shape index (κ3) is 3.88. The lowest BCUT2D eigenvalue weighted by Crippen LogP contribution is -2.32. The number of hydrogen-bond donors (Lipinski definition) is 3. The van der Waals surface area contributed by atoms with Crippen LogP contribution in [-0.4, -0.2) is 36.6 Å². The average molecular weight is 341 g/mol. The van der Waals surface area contributed by atoms with Crippen molar-refractivity contribution in [3.63, 3.8) is 0 Å². The van der Waals surface area contributed by atoms with Gasteiger partial charge in [-0.2, -0.15) is 10.2 Å². The SMILES string of the molecule is C=CC=C(C)Cn1cc(NC(=O)c2n[nH]c3c2CCC(C)(O)C3)cn1. The van der Waals surface area contributed by atoms with E-state index in [2.05, 4.69) is 27.2 Å². The molecule has 3 rings (SSSR count). The van der Waals surface area contributed by atoms with Gasteiger partial charge in [-0.15, -0.1) is 0 Å². The summed E-state index contributed by atoms with van der Waals surface area (Å²) in [4.78, 5) is 12.5. The molecule has 0 fully saturated rings. The van der Waals surface area contributed by atoms with E-state index in [1.54, 1.807) is 30.1 Å². The van der Waals surface area contributed by atoms with Crippen LogP contribution in [0.2, 0.25) is 0 Å². The second kappa shape index (κ2) is 6.68. The Morgan fingerprint density at radius 3 is 3.16 bits per heavy atom. The van der Waals surface area contributed by atoms with Crippen molar-refractivity contribution in [2.24, 2.45) is 0 Å². The van der Waals surface area contributed by atoms with Gasteiger partial charge in [0.05, 0.1) is 24.0 Å². The molecule has 7 nitrogen and oxygen atoms in total. The normalized spacial score (nSPS) is 20.2. The number of aliphatic hydroxyl groups is 1. The Morgan fingerprint density at radius 1 is 1.60 bits per heavy atom. The first-order valence-electron chi connectivity index (χ1n) is 8.28. The first-order valence-corrected chi connectivity index (χ1v) is 8.28. The van der Waals surface area contributed by atoms with Crippen molar-refractivity contribution in [3.8, 4) is 0 Å². The average Bonchev–Trinajstić information content (AvgIpc) is 3.12. The summed E-state index contributed by atoms with van der Waals surface area (Å²) in [5.74, 6) is -0.267. The Hall–Kier alpha value is -2.67. The molecule has 0 radical (unpaired) electrons. The molecule has 2 aromatic rings. The van der Waals surface area contributed by atoms with Crippen LogP contribution in [-0.2, 0) is 19.4 Å². The van der Waals surface area contributed by atoms with E-state index >= 15 is 0 Å². The fraction of sp³-hybridized carbons (Fsp3) is 0.389. The molecule has 1 amide bonds. The van der Waals surface area contributed by atoms with Crippen molar-refractivity contribution in [1.29, 1.82) is 0 Å². The number of amides is 1. The molecule has 0 bridgehead atoms. The summed E-state index contributed by atoms with van der Waals surface area (Å²) in [7, 11) is 0. The van der Waals surface area contributed by atoms with Crippen molar-refractivity contribution < 1.29 is 9.90 Å². The van der Waals surface area contributed by atoms with Crippen molar-refractivity contribution >= 4 is 11.6 Å². The molecule has 7 heteroatoms. The summed E-state index contributed by atoms with van der Waals surface area (Å²) in [6.07, 6.45) is 8.78. The fourth-order valence-electron chi connectivity index (χ4n) is 3.08. The van der Waals surface area contributed by atoms with Crippen LogP contribution in [0.25, 0.3) is 0 Å². The minimum Gasteiger partial charge on any atom is -0.390 e. The van der Waals surface area contributed by atoms with Crippen LogP contribution >= 0.6 is 0 Å². The van der Waals surface area contributed by atoms with Crippen LogP contribution in [0.1, 0.15) is 42.0 Å². The van der Waals surface area contributed by atoms with Gasteiger partial charge in [-0.1, -0.05) is 24.3 Å². The van der Waals surface area contributed by atoms with E-state index in [1.807, 2.05) is 13.0 Å². The fourth-order valence-corrected chi connectivity index (χ4v) is 3.08. The van der Waals surface area contributed by atoms with Crippen LogP contribution in [0, 0.1) is 0 Å². The minimum atomic E-state index is -0.745. The molecule has 132 valence electrons. The van der Waals surface area contributed by atoms with Gasteiger partial charge in [0.1, 0.15) is 0 Å². The molecular weight excluding hydrogens is 318 g/mol. The van der Waals surface area contributed by atoms with Gasteiger partial charge in [0.25, 0.3) is 5.91 Å². The van der Waals surface area contributed by atoms with Crippen LogP contribution in [0.3, 0.4) is 0 Å². The monoisotopic (exact) mass is 341 g/mol. The first-order chi connectivity index (χ1) is 11.9. The molecule has 0 aromatic carbocycles. The lowest BCUT2D eigenvalue weighted by Gasteiger charge is -2.27. The molecule has 1 aliphatic rings. The van der Waals surface area contributed by atoms with Crippen LogP contribution in [0.5, 0.6) is 0 Å². The Labute approximate surface area is 146 Å². The topological polar surface area (TPSA) is 95.8 Å². The number of aromatic amines is 1. The second-order valence-corrected chi connectivity index (χ2v) is 6.83. The minimum absolute atomic E-state index is 0.267. The highest BCUT2D eigenvalue weighted by Crippen LogP contribution is 2.29. The lowest BCUT2D eigenvalue weighted by atomic mass is 9.84. The van der Waals surface area contributed by atoms with Gasteiger partial charge in [-0.25, -0.2) is 0 Å². The summed E-state index contributed by atoms with van der Waals surface area (Å²) < 4.78 is 1.75. The van der Waals surface area contributed by atoms with Crippen LogP contribution < -0.4 is 5.32 Å². The predicted octanol–water partition coefficient (Wildman–Crippen LogP) is 2.23. The van der Waals surface area contributed by atoms with E-state index in [0.717, 1.165) is 16.8 Å². The van der Waals surface area contributed by atoms with Crippen LogP contribution in [0.15, 0.2) is 36.7 Å². The molecule has 2 aromatic heterocycles. The molecule has 0 saturated carbocycles. The summed E-state index contributed by atoms with van der Waals surface area (Å²) in [6.45, 7) is 8.10. The zero-order valence-corrected chi connectivity index (χ0v) is 14.5. The van der Waals surface area contributed by atoms with Gasteiger partial charge in [0.2, 0.25) is 0 Å². The number of carbonyl (C=O) groups is 1. The van der Waals surface area contributed by atoms with Gasteiger partial charge in [-0.3, -0.25) is 14.6 Å². The molecule has 0 saturated heterocycles. The Kier molecular flexibility index (Phi) is 4.59. The number of aromatic nitrogens is 4. The zero-order valence-electron chi connectivity index (χ0n) is 14.5. The smallest absolute Gasteiger partial charge is 0.276 e. The lowest BCUT2D eigenvalue weighted by molar-refractivity contribution is 0.0447. The number of rotatable bonds is 5. The molecular formula is C18H23N5O2. The highest BCUT2D eigenvalue weighted by atomic mass is 16.3. The molecule has 1 unspecified atom stereocenters. The summed E-state index contributed by atoms with van der Waals surface area (Å²) in [6, 6.07) is 0. The highest BCUT2D eigenvalue weighted by Gasteiger charge is 2.32. The van der Waals surface area contributed by atoms with Crippen LogP contribution in [0.4, 0.5) is 5.69 Å². The van der Waals surface area contributed by atoms with E-state index < -0.39 is 5.60 Å². The van der Waals surface area contributed by atoms with Gasteiger partial charge >= 0.3 is 0 Å². The molecule has 1 aliphatic carbocycles. The van der Waals surface area contributed by atoms with Crippen molar-refractivity contribution in [1.82, 2.24) is 20.0 Å². The van der Waals surface area contributed by atoms with Gasteiger partial charge in [0.15, 0.2) is 5.69 Å². The molecule has 1 atom stereocenters. The number of nitrogens with one attached hydrogen (secondary N) is 2. The van der Waals surface area contributed by atoms with E-state index in [9.17, 15) is 9.90 Å². The number of allylic oxidation sites excluding steroid dienone is 3. The van der Waals surface area contributed by atoms with Gasteiger partial charge in [-0.05, 0) is 26.7 Å². The molecule has 25 heavy (non-hydrogen) atoms. The van der Waals surface area contributed by atoms with E-state index in [0.29, 0.717) is 37.2 Å². The maximum atomic E-state index is 12.5. The summed E-state index contributed by atoms with van der Waals surface area (Å²) in [5, 5.41) is 24.3. The van der Waals surface area contributed by atoms with Crippen molar-refractivity contribution in [2.75, 3.05) is 5.32 Å². The van der Waals surface area contributed by atoms with Crippen molar-refractivity contribution in [3.05, 3.63) is 53.6 Å². The molecule has 0 aliphatic heterocycles. The van der Waals surface area contributed by atoms with Crippen molar-refractivity contribution in [2.45, 2.75) is 45.3 Å². The number of carbonyl (C=O) groups excluding carboxylic acids is 1. The predicted molar refractivity (Wildman–Crippen MR) is 95.4 cm³/mol. The number of H-pyrrole nitrogens is 1. The Morgan fingerprint density at radius 2 is 2.40 bits per heavy atom. The van der Waals surface area contributed by atoms with E-state index in [-0.39, 0.29) is 5.91 Å². The molecule has 3 N–H and O–H groups in total. The Bertz CT molecular complexity index is 828. The van der Waals surface area contributed by atoms with Gasteiger partial charge < -0.3 is 10.4 Å². The number of anilines is 1. The number of hydrogen-bond acceptors (Lipinski definition) is 4. The molecule has 0 spiro atoms. The first kappa shape index (κ1) is 17.2. The second-order valence-electron chi connectivity index (χ2n) is 6.83. The third-order valence-corrected chi connectivity index (χ3v) is 4.34. The summed E-state index contributed by atoms with van der Waals surface area (Å²) in [5.41, 5.74) is 3.11. The zero-order chi connectivity index (χ0) is 18.0. The third-order valence-electron chi connectivity index (χ3n) is 4.34. The maximum absolute atomic E-state index is 12.5. The maximum Gasteiger partial charge on any atom is 0.276 e. The Balaban J connectivity index is 1.70. The van der Waals surface area contributed by atoms with E-state index in [1.165, 1.54) is 0 Å². The standard InChI is InChI=1S/C18H23N5O2/c1-4-5-12(2)10-23-11-13(9-19-23)20-17(24)16-14-6-7-18(3,25)8-15(14)21-22-16/h4-5,9,11,25H,1,6-8,10H2,2-3H3,(H,20,24)(H,21,22). The summed E-state index contributed by atoms with van der Waals surface area (Å²) >= 11 is 0. The largest absolute Gasteiger partial charge is 0.390 e. The highest BCUT2D eigenvalue weighted by molar-refractivity contribution is 6.03. The van der Waals surface area contributed by atoms with E-state index in [4.69, 9.17) is 0 Å². The number of fused-ring (bicyclic) bond motifs is 1.